The van der Waals surface area contributed by atoms with Gasteiger partial charge in [-0.3, -0.25) is 4.79 Å². The molecule has 6 nitrogen and oxygen atoms in total. The molecule has 1 aromatic rings. The number of carbonyl (C=O) groups is 2. The van der Waals surface area contributed by atoms with Crippen LogP contribution in [0.4, 0.5) is 10.5 Å². The quantitative estimate of drug-likeness (QED) is 0.676. The second-order valence-electron chi connectivity index (χ2n) is 5.34. The van der Waals surface area contributed by atoms with E-state index in [1.54, 1.807) is 12.1 Å². The summed E-state index contributed by atoms with van der Waals surface area (Å²) in [6.45, 7) is 2.84. The Balaban J connectivity index is 1.91. The van der Waals surface area contributed by atoms with Gasteiger partial charge in [-0.2, -0.15) is 0 Å². The normalized spacial score (nSPS) is 19.6. The van der Waals surface area contributed by atoms with Gasteiger partial charge < -0.3 is 21.7 Å². The standard InChI is InChI=1S/C15H22N4O2/c1-10(18-14(20)13-4-2-3-9-17-13)11-5-7-12(8-6-11)19-15(16)21/h5-8,10,13,17H,2-4,9H2,1H3,(H,18,20)(H3,16,19,21)/t10?,13-/m0/s1. The van der Waals surface area contributed by atoms with E-state index < -0.39 is 6.03 Å². The molecule has 6 heteroatoms. The summed E-state index contributed by atoms with van der Waals surface area (Å²) < 4.78 is 0. The molecule has 21 heavy (non-hydrogen) atoms. The van der Waals surface area contributed by atoms with Crippen molar-refractivity contribution in [3.05, 3.63) is 29.8 Å². The number of piperidine rings is 1. The Morgan fingerprint density at radius 3 is 2.57 bits per heavy atom. The first-order valence-electron chi connectivity index (χ1n) is 7.26. The van der Waals surface area contributed by atoms with Gasteiger partial charge in [-0.1, -0.05) is 18.6 Å². The first-order valence-corrected chi connectivity index (χ1v) is 7.26. The SMILES string of the molecule is CC(NC(=O)[C@@H]1CCCCN1)c1ccc(NC(N)=O)cc1. The first kappa shape index (κ1) is 15.3. The van der Waals surface area contributed by atoms with Crippen molar-refractivity contribution in [2.75, 3.05) is 11.9 Å². The molecule has 1 heterocycles. The number of benzene rings is 1. The molecule has 1 aromatic carbocycles. The van der Waals surface area contributed by atoms with Gasteiger partial charge in [0.15, 0.2) is 0 Å². The minimum atomic E-state index is -0.590. The van der Waals surface area contributed by atoms with Crippen molar-refractivity contribution in [3.63, 3.8) is 0 Å². The molecule has 0 radical (unpaired) electrons. The van der Waals surface area contributed by atoms with Crippen molar-refractivity contribution in [1.29, 1.82) is 0 Å². The maximum atomic E-state index is 12.1. The minimum Gasteiger partial charge on any atom is -0.351 e. The number of hydrogen-bond donors (Lipinski definition) is 4. The Morgan fingerprint density at radius 2 is 2.00 bits per heavy atom. The Labute approximate surface area is 124 Å². The lowest BCUT2D eigenvalue weighted by Gasteiger charge is -2.24. The second kappa shape index (κ2) is 7.08. The lowest BCUT2D eigenvalue weighted by atomic mass is 10.0. The predicted octanol–water partition coefficient (Wildman–Crippen LogP) is 1.50. The summed E-state index contributed by atoms with van der Waals surface area (Å²) in [5, 5.41) is 8.75. The molecule has 0 saturated carbocycles. The number of primary amides is 1. The van der Waals surface area contributed by atoms with Crippen LogP contribution < -0.4 is 21.7 Å². The fourth-order valence-corrected chi connectivity index (χ4v) is 2.47. The molecular formula is C15H22N4O2. The van der Waals surface area contributed by atoms with E-state index in [1.165, 1.54) is 0 Å². The smallest absolute Gasteiger partial charge is 0.316 e. The van der Waals surface area contributed by atoms with Gasteiger partial charge in [0.2, 0.25) is 5.91 Å². The van der Waals surface area contributed by atoms with Gasteiger partial charge >= 0.3 is 6.03 Å². The highest BCUT2D eigenvalue weighted by Gasteiger charge is 2.21. The molecule has 1 aliphatic heterocycles. The van der Waals surface area contributed by atoms with E-state index in [4.69, 9.17) is 5.73 Å². The van der Waals surface area contributed by atoms with E-state index >= 15 is 0 Å². The highest BCUT2D eigenvalue weighted by Crippen LogP contribution is 2.17. The van der Waals surface area contributed by atoms with Crippen LogP contribution in [-0.4, -0.2) is 24.5 Å². The van der Waals surface area contributed by atoms with Crippen molar-refractivity contribution in [1.82, 2.24) is 10.6 Å². The molecule has 0 bridgehead atoms. The van der Waals surface area contributed by atoms with E-state index in [9.17, 15) is 9.59 Å². The van der Waals surface area contributed by atoms with Gasteiger partial charge in [-0.25, -0.2) is 4.79 Å². The van der Waals surface area contributed by atoms with Gasteiger partial charge in [0.25, 0.3) is 0 Å². The predicted molar refractivity (Wildman–Crippen MR) is 81.8 cm³/mol. The zero-order chi connectivity index (χ0) is 15.2. The fourth-order valence-electron chi connectivity index (χ4n) is 2.47. The Hall–Kier alpha value is -2.08. The van der Waals surface area contributed by atoms with E-state index in [0.717, 1.165) is 31.4 Å². The number of nitrogens with one attached hydrogen (secondary N) is 3. The summed E-state index contributed by atoms with van der Waals surface area (Å²) in [5.41, 5.74) is 6.68. The van der Waals surface area contributed by atoms with Crippen LogP contribution in [0.5, 0.6) is 0 Å². The number of hydrogen-bond acceptors (Lipinski definition) is 3. The summed E-state index contributed by atoms with van der Waals surface area (Å²) in [6.07, 6.45) is 3.11. The summed E-state index contributed by atoms with van der Waals surface area (Å²) >= 11 is 0. The second-order valence-corrected chi connectivity index (χ2v) is 5.34. The van der Waals surface area contributed by atoms with Crippen LogP contribution in [0.1, 0.15) is 37.8 Å². The molecule has 0 aliphatic carbocycles. The summed E-state index contributed by atoms with van der Waals surface area (Å²) in [6, 6.07) is 6.51. The van der Waals surface area contributed by atoms with E-state index in [2.05, 4.69) is 16.0 Å². The van der Waals surface area contributed by atoms with Gasteiger partial charge in [0.05, 0.1) is 12.1 Å². The van der Waals surface area contributed by atoms with Crippen LogP contribution in [0, 0.1) is 0 Å². The van der Waals surface area contributed by atoms with Crippen molar-refractivity contribution in [2.45, 2.75) is 38.3 Å². The van der Waals surface area contributed by atoms with Crippen molar-refractivity contribution >= 4 is 17.6 Å². The van der Waals surface area contributed by atoms with Crippen molar-refractivity contribution in [3.8, 4) is 0 Å². The Bertz CT molecular complexity index is 495. The van der Waals surface area contributed by atoms with Crippen LogP contribution in [0.3, 0.4) is 0 Å². The molecule has 0 spiro atoms. The molecule has 1 unspecified atom stereocenters. The number of carbonyl (C=O) groups excluding carboxylic acids is 2. The topological polar surface area (TPSA) is 96.2 Å². The number of anilines is 1. The van der Waals surface area contributed by atoms with Crippen molar-refractivity contribution in [2.24, 2.45) is 5.73 Å². The lowest BCUT2D eigenvalue weighted by molar-refractivity contribution is -0.124. The molecule has 1 saturated heterocycles. The molecule has 1 aliphatic rings. The number of urea groups is 1. The van der Waals surface area contributed by atoms with Crippen LogP contribution in [-0.2, 0) is 4.79 Å². The summed E-state index contributed by atoms with van der Waals surface area (Å²) in [7, 11) is 0. The maximum absolute atomic E-state index is 12.1. The van der Waals surface area contributed by atoms with Gasteiger partial charge in [-0.15, -0.1) is 0 Å². The largest absolute Gasteiger partial charge is 0.351 e. The number of amides is 3. The van der Waals surface area contributed by atoms with Crippen LogP contribution in [0.2, 0.25) is 0 Å². The van der Waals surface area contributed by atoms with E-state index in [-0.39, 0.29) is 18.0 Å². The Kier molecular flexibility index (Phi) is 5.16. The van der Waals surface area contributed by atoms with Crippen LogP contribution >= 0.6 is 0 Å². The number of rotatable bonds is 4. The van der Waals surface area contributed by atoms with E-state index in [0.29, 0.717) is 5.69 Å². The highest BCUT2D eigenvalue weighted by molar-refractivity contribution is 5.87. The fraction of sp³-hybridized carbons (Fsp3) is 0.467. The lowest BCUT2D eigenvalue weighted by Crippen LogP contribution is -2.47. The third-order valence-corrected chi connectivity index (χ3v) is 3.66. The van der Waals surface area contributed by atoms with Crippen molar-refractivity contribution < 1.29 is 9.59 Å². The van der Waals surface area contributed by atoms with E-state index in [1.807, 2.05) is 19.1 Å². The molecular weight excluding hydrogens is 268 g/mol. The molecule has 114 valence electrons. The van der Waals surface area contributed by atoms with Crippen LogP contribution in [0.25, 0.3) is 0 Å². The monoisotopic (exact) mass is 290 g/mol. The van der Waals surface area contributed by atoms with Gasteiger partial charge in [0.1, 0.15) is 0 Å². The molecule has 2 rings (SSSR count). The zero-order valence-corrected chi connectivity index (χ0v) is 12.2. The zero-order valence-electron chi connectivity index (χ0n) is 12.2. The summed E-state index contributed by atoms with van der Waals surface area (Å²) in [4.78, 5) is 22.9. The first-order chi connectivity index (χ1) is 10.1. The summed E-state index contributed by atoms with van der Waals surface area (Å²) in [5.74, 6) is 0.0431. The van der Waals surface area contributed by atoms with Crippen LogP contribution in [0.15, 0.2) is 24.3 Å². The highest BCUT2D eigenvalue weighted by atomic mass is 16.2. The molecule has 1 fully saturated rings. The molecule has 2 atom stereocenters. The molecule has 5 N–H and O–H groups in total. The van der Waals surface area contributed by atoms with Gasteiger partial charge in [-0.05, 0) is 44.0 Å². The Morgan fingerprint density at radius 1 is 1.29 bits per heavy atom. The number of nitrogens with two attached hydrogens (primary N) is 1. The molecule has 0 aromatic heterocycles. The van der Waals surface area contributed by atoms with Gasteiger partial charge in [0, 0.05) is 5.69 Å². The minimum absolute atomic E-state index is 0.0431. The average Bonchev–Trinajstić information content (AvgIpc) is 2.48. The third kappa shape index (κ3) is 4.46. The molecule has 3 amide bonds. The maximum Gasteiger partial charge on any atom is 0.316 e. The third-order valence-electron chi connectivity index (χ3n) is 3.66. The average molecular weight is 290 g/mol.